The molecule has 1 fully saturated rings. The Morgan fingerprint density at radius 3 is 2.47 bits per heavy atom. The molecule has 0 bridgehead atoms. The van der Waals surface area contributed by atoms with Crippen molar-refractivity contribution in [3.8, 4) is 0 Å². The van der Waals surface area contributed by atoms with Gasteiger partial charge in [0.25, 0.3) is 15.9 Å². The quantitative estimate of drug-likeness (QED) is 0.570. The number of carbonyl (C=O) groups excluding carboxylic acids is 1. The van der Waals surface area contributed by atoms with E-state index in [2.05, 4.69) is 35.0 Å². The van der Waals surface area contributed by atoms with E-state index in [-0.39, 0.29) is 16.2 Å². The van der Waals surface area contributed by atoms with Gasteiger partial charge >= 0.3 is 0 Å². The molecule has 1 saturated heterocycles. The summed E-state index contributed by atoms with van der Waals surface area (Å²) in [6.07, 6.45) is 7.26. The van der Waals surface area contributed by atoms with E-state index in [0.29, 0.717) is 35.9 Å². The monoisotopic (exact) mass is 480 g/mol. The van der Waals surface area contributed by atoms with Crippen molar-refractivity contribution in [2.45, 2.75) is 56.9 Å². The summed E-state index contributed by atoms with van der Waals surface area (Å²) < 4.78 is 31.2. The average Bonchev–Trinajstić information content (AvgIpc) is 3.33. The van der Waals surface area contributed by atoms with Crippen LogP contribution in [0.5, 0.6) is 0 Å². The van der Waals surface area contributed by atoms with E-state index >= 15 is 0 Å². The number of rotatable bonds is 5. The van der Waals surface area contributed by atoms with Gasteiger partial charge in [0.05, 0.1) is 11.2 Å². The Hall–Kier alpha value is -3.13. The van der Waals surface area contributed by atoms with Crippen LogP contribution in [0.25, 0.3) is 0 Å². The normalized spacial score (nSPS) is 15.4. The molecule has 0 saturated carbocycles. The second-order valence-corrected chi connectivity index (χ2v) is 11.6. The third-order valence-corrected chi connectivity index (χ3v) is 7.93. The molecule has 2 aromatic carbocycles. The Labute approximate surface area is 201 Å². The van der Waals surface area contributed by atoms with Gasteiger partial charge in [0.1, 0.15) is 0 Å². The number of amides is 1. The van der Waals surface area contributed by atoms with Crippen LogP contribution in [0.1, 0.15) is 61.1 Å². The first kappa shape index (κ1) is 24.0. The summed E-state index contributed by atoms with van der Waals surface area (Å²) in [7, 11) is -3.81. The third kappa shape index (κ3) is 5.17. The average molecular weight is 481 g/mol. The van der Waals surface area contributed by atoms with E-state index in [4.69, 9.17) is 0 Å². The van der Waals surface area contributed by atoms with Crippen LogP contribution < -0.4 is 4.72 Å². The summed E-state index contributed by atoms with van der Waals surface area (Å²) in [6.45, 7) is 9.24. The standard InChI is InChI=1S/C26H32N4O3S/c1-19-8-9-21(26(2,3)4)17-24(19)34(32,33)28-22-7-5-6-20(16-22)25(31)29-13-10-23(11-14-29)30-15-12-27-18-30/h5-9,12,15-18,23,28H,10-11,13-14H2,1-4H3. The number of nitrogens with zero attached hydrogens (tertiary/aromatic N) is 3. The van der Waals surface area contributed by atoms with Gasteiger partial charge in [-0.05, 0) is 60.6 Å². The molecular weight excluding hydrogens is 448 g/mol. The number of sulfonamides is 1. The van der Waals surface area contributed by atoms with Crippen molar-refractivity contribution in [1.29, 1.82) is 0 Å². The number of hydrogen-bond acceptors (Lipinski definition) is 4. The summed E-state index contributed by atoms with van der Waals surface area (Å²) >= 11 is 0. The van der Waals surface area contributed by atoms with Crippen molar-refractivity contribution in [3.05, 3.63) is 77.9 Å². The predicted molar refractivity (Wildman–Crippen MR) is 134 cm³/mol. The number of anilines is 1. The highest BCUT2D eigenvalue weighted by atomic mass is 32.2. The Morgan fingerprint density at radius 1 is 1.09 bits per heavy atom. The fourth-order valence-corrected chi connectivity index (χ4v) is 5.64. The van der Waals surface area contributed by atoms with Crippen LogP contribution in [0.3, 0.4) is 0 Å². The lowest BCUT2D eigenvalue weighted by molar-refractivity contribution is 0.0694. The molecule has 0 radical (unpaired) electrons. The van der Waals surface area contributed by atoms with Crippen LogP contribution >= 0.6 is 0 Å². The fourth-order valence-electron chi connectivity index (χ4n) is 4.32. The van der Waals surface area contributed by atoms with E-state index in [1.807, 2.05) is 29.6 Å². The van der Waals surface area contributed by atoms with Gasteiger partial charge in [-0.15, -0.1) is 0 Å². The lowest BCUT2D eigenvalue weighted by Gasteiger charge is -2.32. The van der Waals surface area contributed by atoms with E-state index in [1.165, 1.54) is 0 Å². The van der Waals surface area contributed by atoms with Gasteiger partial charge in [0, 0.05) is 42.8 Å². The van der Waals surface area contributed by atoms with Crippen molar-refractivity contribution >= 4 is 21.6 Å². The van der Waals surface area contributed by atoms with Crippen LogP contribution in [-0.2, 0) is 15.4 Å². The number of imidazole rings is 1. The maximum absolute atomic E-state index is 13.2. The van der Waals surface area contributed by atoms with Crippen LogP contribution in [0, 0.1) is 6.92 Å². The van der Waals surface area contributed by atoms with E-state index in [1.54, 1.807) is 43.5 Å². The van der Waals surface area contributed by atoms with Gasteiger partial charge in [0.15, 0.2) is 0 Å². The summed E-state index contributed by atoms with van der Waals surface area (Å²) in [5, 5.41) is 0. The number of benzene rings is 2. The first-order valence-electron chi connectivity index (χ1n) is 11.6. The lowest BCUT2D eigenvalue weighted by atomic mass is 9.87. The second kappa shape index (κ2) is 9.25. The van der Waals surface area contributed by atoms with Gasteiger partial charge in [0.2, 0.25) is 0 Å². The molecule has 1 amide bonds. The molecular formula is C26H32N4O3S. The summed E-state index contributed by atoms with van der Waals surface area (Å²) in [6, 6.07) is 12.6. The molecule has 34 heavy (non-hydrogen) atoms. The zero-order valence-corrected chi connectivity index (χ0v) is 21.0. The number of piperidine rings is 1. The van der Waals surface area contributed by atoms with Crippen molar-refractivity contribution in [3.63, 3.8) is 0 Å². The summed E-state index contributed by atoms with van der Waals surface area (Å²) in [4.78, 5) is 19.3. The highest BCUT2D eigenvalue weighted by Crippen LogP contribution is 2.28. The molecule has 0 atom stereocenters. The predicted octanol–water partition coefficient (Wildman–Crippen LogP) is 4.77. The zero-order valence-electron chi connectivity index (χ0n) is 20.2. The third-order valence-electron chi connectivity index (χ3n) is 6.40. The van der Waals surface area contributed by atoms with Crippen LogP contribution in [0.15, 0.2) is 66.1 Å². The number of aromatic nitrogens is 2. The Kier molecular flexibility index (Phi) is 6.53. The van der Waals surface area contributed by atoms with E-state index in [0.717, 1.165) is 18.4 Å². The minimum Gasteiger partial charge on any atom is -0.338 e. The van der Waals surface area contributed by atoms with Crippen LogP contribution in [0.2, 0.25) is 0 Å². The van der Waals surface area contributed by atoms with E-state index in [9.17, 15) is 13.2 Å². The number of aryl methyl sites for hydroxylation is 1. The molecule has 8 heteroatoms. The highest BCUT2D eigenvalue weighted by molar-refractivity contribution is 7.92. The zero-order chi connectivity index (χ0) is 24.5. The Balaban J connectivity index is 1.49. The Bertz CT molecular complexity index is 1270. The molecule has 2 heterocycles. The van der Waals surface area contributed by atoms with Gasteiger partial charge in [-0.25, -0.2) is 13.4 Å². The lowest BCUT2D eigenvalue weighted by Crippen LogP contribution is -2.38. The largest absolute Gasteiger partial charge is 0.338 e. The van der Waals surface area contributed by atoms with Gasteiger partial charge in [-0.3, -0.25) is 9.52 Å². The first-order valence-corrected chi connectivity index (χ1v) is 13.0. The molecule has 1 aromatic heterocycles. The minimum absolute atomic E-state index is 0.0870. The van der Waals surface area contributed by atoms with E-state index < -0.39 is 10.0 Å². The number of hydrogen-bond donors (Lipinski definition) is 1. The molecule has 7 nitrogen and oxygen atoms in total. The molecule has 4 rings (SSSR count). The van der Waals surface area contributed by atoms with Crippen LogP contribution in [-0.4, -0.2) is 41.9 Å². The van der Waals surface area contributed by atoms with Crippen molar-refractivity contribution in [2.75, 3.05) is 17.8 Å². The maximum atomic E-state index is 13.2. The number of nitrogens with one attached hydrogen (secondary N) is 1. The van der Waals surface area contributed by atoms with Crippen molar-refractivity contribution in [2.24, 2.45) is 0 Å². The maximum Gasteiger partial charge on any atom is 0.262 e. The molecule has 1 aliphatic heterocycles. The topological polar surface area (TPSA) is 84.3 Å². The summed E-state index contributed by atoms with van der Waals surface area (Å²) in [5.41, 5.74) is 2.30. The number of carbonyl (C=O) groups is 1. The molecule has 0 spiro atoms. The smallest absolute Gasteiger partial charge is 0.262 e. The molecule has 1 N–H and O–H groups in total. The molecule has 3 aromatic rings. The molecule has 0 aliphatic carbocycles. The Morgan fingerprint density at radius 2 is 1.82 bits per heavy atom. The SMILES string of the molecule is Cc1ccc(C(C)(C)C)cc1S(=O)(=O)Nc1cccc(C(=O)N2CCC(n3ccnc3)CC2)c1. The van der Waals surface area contributed by atoms with Gasteiger partial charge in [-0.2, -0.15) is 0 Å². The fraction of sp³-hybridized carbons (Fsp3) is 0.385. The first-order chi connectivity index (χ1) is 16.0. The molecule has 180 valence electrons. The van der Waals surface area contributed by atoms with Gasteiger partial charge in [-0.1, -0.05) is 39.0 Å². The van der Waals surface area contributed by atoms with Crippen molar-refractivity contribution in [1.82, 2.24) is 14.5 Å². The second-order valence-electron chi connectivity index (χ2n) is 9.95. The van der Waals surface area contributed by atoms with Gasteiger partial charge < -0.3 is 9.47 Å². The molecule has 1 aliphatic rings. The molecule has 0 unspecified atom stereocenters. The number of likely N-dealkylation sites (tertiary alicyclic amines) is 1. The highest BCUT2D eigenvalue weighted by Gasteiger charge is 2.25. The summed E-state index contributed by atoms with van der Waals surface area (Å²) in [5.74, 6) is -0.0870. The minimum atomic E-state index is -3.81. The van der Waals surface area contributed by atoms with Crippen LogP contribution in [0.4, 0.5) is 5.69 Å². The van der Waals surface area contributed by atoms with Crippen molar-refractivity contribution < 1.29 is 13.2 Å².